The zero-order valence-electron chi connectivity index (χ0n) is 14.6. The predicted octanol–water partition coefficient (Wildman–Crippen LogP) is 3.24. The summed E-state index contributed by atoms with van der Waals surface area (Å²) >= 11 is 0. The Kier molecular flexibility index (Phi) is 5.44. The number of hydrogen-bond acceptors (Lipinski definition) is 2. The van der Waals surface area contributed by atoms with Crippen LogP contribution in [0.3, 0.4) is 0 Å². The highest BCUT2D eigenvalue weighted by molar-refractivity contribution is 5.97. The number of carboxylic acid groups (broad SMARTS) is 1. The van der Waals surface area contributed by atoms with Crippen molar-refractivity contribution in [1.29, 1.82) is 0 Å². The molecule has 5 heteroatoms. The quantitative estimate of drug-likeness (QED) is 0.885. The van der Waals surface area contributed by atoms with Crippen molar-refractivity contribution in [2.24, 2.45) is 0 Å². The maximum Gasteiger partial charge on any atom is 0.326 e. The minimum atomic E-state index is -1.01. The first-order chi connectivity index (χ1) is 11.4. The summed E-state index contributed by atoms with van der Waals surface area (Å²) in [7, 11) is 0. The number of aryl methyl sites for hydroxylation is 1. The van der Waals surface area contributed by atoms with Crippen LogP contribution in [0.1, 0.15) is 41.2 Å². The Hall–Kier alpha value is -2.56. The Balaban J connectivity index is 2.39. The summed E-state index contributed by atoms with van der Waals surface area (Å²) in [5, 5.41) is 9.40. The number of carbonyl (C=O) groups excluding carboxylic acids is 1. The second-order valence-electron chi connectivity index (χ2n) is 5.96. The molecule has 1 unspecified atom stereocenters. The van der Waals surface area contributed by atoms with Crippen molar-refractivity contribution in [3.05, 3.63) is 58.9 Å². The third-order valence-corrected chi connectivity index (χ3v) is 4.40. The summed E-state index contributed by atoms with van der Waals surface area (Å²) < 4.78 is 2.05. The van der Waals surface area contributed by atoms with Crippen LogP contribution < -0.4 is 0 Å². The zero-order valence-corrected chi connectivity index (χ0v) is 14.6. The van der Waals surface area contributed by atoms with Gasteiger partial charge in [-0.15, -0.1) is 0 Å². The molecule has 0 aliphatic heterocycles. The summed E-state index contributed by atoms with van der Waals surface area (Å²) in [6.45, 7) is 8.46. The molecule has 0 bridgehead atoms. The Morgan fingerprint density at radius 2 is 1.83 bits per heavy atom. The standard InChI is InChI=1S/C19H24N2O3/c1-5-20-13(2)11-17(14(20)3)18(22)21(15(4)19(23)24)12-16-9-7-6-8-10-16/h6-11,15H,5,12H2,1-4H3,(H,23,24). The molecule has 0 spiro atoms. The number of rotatable bonds is 6. The number of benzene rings is 1. The van der Waals surface area contributed by atoms with Crippen LogP contribution in [-0.4, -0.2) is 32.5 Å². The lowest BCUT2D eigenvalue weighted by molar-refractivity contribution is -0.141. The number of carbonyl (C=O) groups is 2. The predicted molar refractivity (Wildman–Crippen MR) is 93.0 cm³/mol. The van der Waals surface area contributed by atoms with Gasteiger partial charge < -0.3 is 14.6 Å². The summed E-state index contributed by atoms with van der Waals surface area (Å²) in [5.74, 6) is -1.26. The molecule has 2 rings (SSSR count). The lowest BCUT2D eigenvalue weighted by Crippen LogP contribution is -2.42. The van der Waals surface area contributed by atoms with Gasteiger partial charge in [-0.1, -0.05) is 30.3 Å². The number of hydrogen-bond donors (Lipinski definition) is 1. The van der Waals surface area contributed by atoms with Gasteiger partial charge in [0.1, 0.15) is 6.04 Å². The van der Waals surface area contributed by atoms with Gasteiger partial charge in [0.25, 0.3) is 5.91 Å². The van der Waals surface area contributed by atoms with E-state index in [0.29, 0.717) is 5.56 Å². The van der Waals surface area contributed by atoms with Gasteiger partial charge in [-0.05, 0) is 39.3 Å². The van der Waals surface area contributed by atoms with Crippen molar-refractivity contribution in [3.63, 3.8) is 0 Å². The van der Waals surface area contributed by atoms with E-state index in [-0.39, 0.29) is 12.5 Å². The lowest BCUT2D eigenvalue weighted by atomic mass is 10.1. The van der Waals surface area contributed by atoms with E-state index in [9.17, 15) is 14.7 Å². The van der Waals surface area contributed by atoms with E-state index in [1.807, 2.05) is 57.2 Å². The molecule has 0 radical (unpaired) electrons. The molecule has 0 aliphatic carbocycles. The van der Waals surface area contributed by atoms with E-state index >= 15 is 0 Å². The SMILES string of the molecule is CCn1c(C)cc(C(=O)N(Cc2ccccc2)C(C)C(=O)O)c1C. The van der Waals surface area contributed by atoms with Gasteiger partial charge in [-0.2, -0.15) is 0 Å². The van der Waals surface area contributed by atoms with E-state index in [4.69, 9.17) is 0 Å². The molecular formula is C19H24N2O3. The van der Waals surface area contributed by atoms with Crippen LogP contribution in [0.4, 0.5) is 0 Å². The Morgan fingerprint density at radius 3 is 2.33 bits per heavy atom. The van der Waals surface area contributed by atoms with Crippen LogP contribution in [0.25, 0.3) is 0 Å². The average Bonchev–Trinajstić information content (AvgIpc) is 2.86. The number of aliphatic carboxylic acids is 1. The van der Waals surface area contributed by atoms with E-state index in [1.54, 1.807) is 6.92 Å². The molecule has 0 saturated carbocycles. The highest BCUT2D eigenvalue weighted by Crippen LogP contribution is 2.20. The topological polar surface area (TPSA) is 62.5 Å². The first-order valence-electron chi connectivity index (χ1n) is 8.11. The molecule has 5 nitrogen and oxygen atoms in total. The van der Waals surface area contributed by atoms with E-state index < -0.39 is 12.0 Å². The monoisotopic (exact) mass is 328 g/mol. The first-order valence-corrected chi connectivity index (χ1v) is 8.11. The molecular weight excluding hydrogens is 304 g/mol. The zero-order chi connectivity index (χ0) is 17.9. The molecule has 0 aliphatic rings. The molecule has 1 amide bonds. The van der Waals surface area contributed by atoms with Gasteiger partial charge in [0.15, 0.2) is 0 Å². The lowest BCUT2D eigenvalue weighted by Gasteiger charge is -2.27. The van der Waals surface area contributed by atoms with Gasteiger partial charge >= 0.3 is 5.97 Å². The van der Waals surface area contributed by atoms with Gasteiger partial charge in [0.2, 0.25) is 0 Å². The van der Waals surface area contributed by atoms with Crippen LogP contribution >= 0.6 is 0 Å². The summed E-state index contributed by atoms with van der Waals surface area (Å²) in [5.41, 5.74) is 3.35. The summed E-state index contributed by atoms with van der Waals surface area (Å²) in [6, 6.07) is 10.4. The number of aromatic nitrogens is 1. The van der Waals surface area contributed by atoms with E-state index in [1.165, 1.54) is 4.90 Å². The summed E-state index contributed by atoms with van der Waals surface area (Å²) in [6.07, 6.45) is 0. The van der Waals surface area contributed by atoms with Crippen molar-refractivity contribution >= 4 is 11.9 Å². The fourth-order valence-corrected chi connectivity index (χ4v) is 2.96. The van der Waals surface area contributed by atoms with Crippen molar-refractivity contribution < 1.29 is 14.7 Å². The number of nitrogens with zero attached hydrogens (tertiary/aromatic N) is 2. The third kappa shape index (κ3) is 3.50. The Morgan fingerprint density at radius 1 is 1.21 bits per heavy atom. The molecule has 1 heterocycles. The van der Waals surface area contributed by atoms with Gasteiger partial charge in [-0.25, -0.2) is 4.79 Å². The molecule has 1 atom stereocenters. The van der Waals surface area contributed by atoms with Crippen molar-refractivity contribution in [1.82, 2.24) is 9.47 Å². The molecule has 0 fully saturated rings. The fraction of sp³-hybridized carbons (Fsp3) is 0.368. The highest BCUT2D eigenvalue weighted by atomic mass is 16.4. The second kappa shape index (κ2) is 7.34. The Labute approximate surface area is 142 Å². The molecule has 2 aromatic rings. The maximum atomic E-state index is 13.0. The van der Waals surface area contributed by atoms with Gasteiger partial charge in [0.05, 0.1) is 5.56 Å². The van der Waals surface area contributed by atoms with Crippen LogP contribution in [0.5, 0.6) is 0 Å². The highest BCUT2D eigenvalue weighted by Gasteiger charge is 2.28. The van der Waals surface area contributed by atoms with Crippen LogP contribution in [0.2, 0.25) is 0 Å². The smallest absolute Gasteiger partial charge is 0.326 e. The molecule has 128 valence electrons. The fourth-order valence-electron chi connectivity index (χ4n) is 2.96. The van der Waals surface area contributed by atoms with Crippen LogP contribution in [0.15, 0.2) is 36.4 Å². The van der Waals surface area contributed by atoms with Crippen molar-refractivity contribution in [2.75, 3.05) is 0 Å². The largest absolute Gasteiger partial charge is 0.480 e. The van der Waals surface area contributed by atoms with Crippen molar-refractivity contribution in [3.8, 4) is 0 Å². The Bertz CT molecular complexity index is 735. The second-order valence-corrected chi connectivity index (χ2v) is 5.96. The minimum Gasteiger partial charge on any atom is -0.480 e. The van der Waals surface area contributed by atoms with E-state index in [2.05, 4.69) is 4.57 Å². The molecule has 1 aromatic carbocycles. The van der Waals surface area contributed by atoms with Crippen LogP contribution in [-0.2, 0) is 17.9 Å². The molecule has 24 heavy (non-hydrogen) atoms. The first kappa shape index (κ1) is 17.8. The average molecular weight is 328 g/mol. The van der Waals surface area contributed by atoms with E-state index in [0.717, 1.165) is 23.5 Å². The third-order valence-electron chi connectivity index (χ3n) is 4.40. The van der Waals surface area contributed by atoms with Crippen LogP contribution in [0, 0.1) is 13.8 Å². The molecule has 0 saturated heterocycles. The van der Waals surface area contributed by atoms with Gasteiger partial charge in [-0.3, -0.25) is 4.79 Å². The number of amides is 1. The minimum absolute atomic E-state index is 0.249. The number of carboxylic acids is 1. The summed E-state index contributed by atoms with van der Waals surface area (Å²) in [4.78, 5) is 25.9. The van der Waals surface area contributed by atoms with Gasteiger partial charge in [0, 0.05) is 24.5 Å². The normalized spacial score (nSPS) is 12.0. The maximum absolute atomic E-state index is 13.0. The molecule has 1 aromatic heterocycles. The van der Waals surface area contributed by atoms with Crippen molar-refractivity contribution in [2.45, 2.75) is 46.8 Å². The molecule has 1 N–H and O–H groups in total.